The van der Waals surface area contributed by atoms with Crippen molar-refractivity contribution < 1.29 is 9.66 Å². The topological polar surface area (TPSA) is 82.2 Å². The van der Waals surface area contributed by atoms with Crippen LogP contribution in [-0.2, 0) is 18.2 Å². The van der Waals surface area contributed by atoms with Gasteiger partial charge in [0.05, 0.1) is 4.92 Å². The predicted octanol–water partition coefficient (Wildman–Crippen LogP) is 2.12. The summed E-state index contributed by atoms with van der Waals surface area (Å²) in [6, 6.07) is 0.0866. The highest BCUT2D eigenvalue weighted by molar-refractivity contribution is 5.60. The van der Waals surface area contributed by atoms with Crippen molar-refractivity contribution in [1.82, 2.24) is 9.78 Å². The van der Waals surface area contributed by atoms with Crippen LogP contribution in [0.15, 0.2) is 0 Å². The van der Waals surface area contributed by atoms with E-state index >= 15 is 0 Å². The highest BCUT2D eigenvalue weighted by Crippen LogP contribution is 2.29. The Hall–Kier alpha value is -1.63. The van der Waals surface area contributed by atoms with E-state index in [-0.39, 0.29) is 16.7 Å². The average Bonchev–Trinajstić information content (AvgIpc) is 2.64. The first kappa shape index (κ1) is 15.4. The van der Waals surface area contributed by atoms with Crippen molar-refractivity contribution in [3.05, 3.63) is 15.8 Å². The number of aryl methyl sites for hydroxylation is 2. The molecule has 0 aliphatic heterocycles. The van der Waals surface area contributed by atoms with E-state index in [1.807, 2.05) is 13.8 Å². The number of nitro groups is 1. The number of nitrogens with one attached hydrogen (secondary N) is 1. The molecule has 7 heteroatoms. The van der Waals surface area contributed by atoms with Crippen LogP contribution >= 0.6 is 0 Å². The van der Waals surface area contributed by atoms with Gasteiger partial charge >= 0.3 is 5.69 Å². The number of methoxy groups -OCH3 is 1. The minimum absolute atomic E-state index is 0.0866. The maximum Gasteiger partial charge on any atom is 0.333 e. The monoisotopic (exact) mass is 270 g/mol. The molecule has 19 heavy (non-hydrogen) atoms. The van der Waals surface area contributed by atoms with Crippen molar-refractivity contribution >= 4 is 11.5 Å². The third-order valence-electron chi connectivity index (χ3n) is 2.90. The van der Waals surface area contributed by atoms with E-state index in [0.29, 0.717) is 24.5 Å². The Balaban J connectivity index is 2.95. The second kappa shape index (κ2) is 7.08. The fourth-order valence-corrected chi connectivity index (χ4v) is 1.93. The summed E-state index contributed by atoms with van der Waals surface area (Å²) in [5, 5.41) is 18.6. The number of hydrogen-bond acceptors (Lipinski definition) is 5. The zero-order valence-corrected chi connectivity index (χ0v) is 12.0. The molecule has 0 fully saturated rings. The summed E-state index contributed by atoms with van der Waals surface area (Å²) in [6.45, 7) is 4.56. The maximum atomic E-state index is 11.2. The lowest BCUT2D eigenvalue weighted by Crippen LogP contribution is -2.19. The van der Waals surface area contributed by atoms with Gasteiger partial charge in [-0.1, -0.05) is 13.3 Å². The van der Waals surface area contributed by atoms with Crippen molar-refractivity contribution in [1.29, 1.82) is 0 Å². The van der Waals surface area contributed by atoms with Gasteiger partial charge in [0.2, 0.25) is 5.82 Å². The Morgan fingerprint density at radius 1 is 1.58 bits per heavy atom. The lowest BCUT2D eigenvalue weighted by molar-refractivity contribution is -0.384. The molecule has 0 amide bonds. The molecule has 1 N–H and O–H groups in total. The predicted molar refractivity (Wildman–Crippen MR) is 73.4 cm³/mol. The van der Waals surface area contributed by atoms with Crippen LogP contribution in [0.4, 0.5) is 11.5 Å². The van der Waals surface area contributed by atoms with E-state index in [0.717, 1.165) is 12.8 Å². The van der Waals surface area contributed by atoms with Gasteiger partial charge in [-0.25, -0.2) is 4.68 Å². The summed E-state index contributed by atoms with van der Waals surface area (Å²) >= 11 is 0. The SMILES string of the molecule is CCCc1nn(C)c(NC(C)CCOC)c1[N+](=O)[O-]. The van der Waals surface area contributed by atoms with Crippen molar-refractivity contribution in [3.63, 3.8) is 0 Å². The minimum Gasteiger partial charge on any atom is -0.385 e. The minimum atomic E-state index is -0.358. The molecular weight excluding hydrogens is 248 g/mol. The molecule has 0 aliphatic carbocycles. The first-order chi connectivity index (χ1) is 9.01. The first-order valence-electron chi connectivity index (χ1n) is 6.47. The zero-order chi connectivity index (χ0) is 14.4. The van der Waals surface area contributed by atoms with Gasteiger partial charge in [-0.15, -0.1) is 0 Å². The Bertz CT molecular complexity index is 431. The Morgan fingerprint density at radius 2 is 2.26 bits per heavy atom. The summed E-state index contributed by atoms with van der Waals surface area (Å²) < 4.78 is 6.55. The van der Waals surface area contributed by atoms with E-state index in [1.165, 1.54) is 0 Å². The molecule has 0 radical (unpaired) electrons. The maximum absolute atomic E-state index is 11.2. The molecule has 0 aromatic carbocycles. The molecule has 0 spiro atoms. The molecular formula is C12H22N4O3. The normalized spacial score (nSPS) is 12.4. The Morgan fingerprint density at radius 3 is 2.79 bits per heavy atom. The molecule has 0 bridgehead atoms. The van der Waals surface area contributed by atoms with Crippen LogP contribution in [0.5, 0.6) is 0 Å². The molecule has 1 atom stereocenters. The summed E-state index contributed by atoms with van der Waals surface area (Å²) in [4.78, 5) is 10.9. The molecule has 1 heterocycles. The lowest BCUT2D eigenvalue weighted by Gasteiger charge is -2.13. The number of aromatic nitrogens is 2. The average molecular weight is 270 g/mol. The van der Waals surface area contributed by atoms with Gasteiger partial charge in [0, 0.05) is 26.8 Å². The van der Waals surface area contributed by atoms with Crippen LogP contribution in [0, 0.1) is 10.1 Å². The van der Waals surface area contributed by atoms with Crippen LogP contribution in [0.25, 0.3) is 0 Å². The highest BCUT2D eigenvalue weighted by Gasteiger charge is 2.26. The van der Waals surface area contributed by atoms with Crippen LogP contribution in [-0.4, -0.2) is 34.5 Å². The third kappa shape index (κ3) is 3.92. The highest BCUT2D eigenvalue weighted by atomic mass is 16.6. The van der Waals surface area contributed by atoms with Crippen LogP contribution in [0.1, 0.15) is 32.4 Å². The lowest BCUT2D eigenvalue weighted by atomic mass is 10.2. The smallest absolute Gasteiger partial charge is 0.333 e. The molecule has 1 aromatic heterocycles. The van der Waals surface area contributed by atoms with Gasteiger partial charge in [0.15, 0.2) is 0 Å². The largest absolute Gasteiger partial charge is 0.385 e. The number of hydrogen-bond donors (Lipinski definition) is 1. The van der Waals surface area contributed by atoms with Gasteiger partial charge in [-0.2, -0.15) is 5.10 Å². The number of rotatable bonds is 8. The number of ether oxygens (including phenoxy) is 1. The zero-order valence-electron chi connectivity index (χ0n) is 12.0. The number of anilines is 1. The standard InChI is InChI=1S/C12H22N4O3/c1-5-6-10-11(16(17)18)12(15(3)14-10)13-9(2)7-8-19-4/h9,13H,5-8H2,1-4H3. The van der Waals surface area contributed by atoms with Crippen LogP contribution < -0.4 is 5.32 Å². The third-order valence-corrected chi connectivity index (χ3v) is 2.90. The van der Waals surface area contributed by atoms with Crippen molar-refractivity contribution in [2.45, 2.75) is 39.2 Å². The van der Waals surface area contributed by atoms with Gasteiger partial charge in [-0.3, -0.25) is 10.1 Å². The van der Waals surface area contributed by atoms with E-state index in [4.69, 9.17) is 4.74 Å². The van der Waals surface area contributed by atoms with Crippen LogP contribution in [0.3, 0.4) is 0 Å². The molecule has 0 saturated carbocycles. The summed E-state index contributed by atoms with van der Waals surface area (Å²) in [5.74, 6) is 0.469. The molecule has 108 valence electrons. The first-order valence-corrected chi connectivity index (χ1v) is 6.47. The fourth-order valence-electron chi connectivity index (χ4n) is 1.93. The van der Waals surface area contributed by atoms with Gasteiger partial charge in [0.1, 0.15) is 5.69 Å². The van der Waals surface area contributed by atoms with Gasteiger partial charge in [0.25, 0.3) is 0 Å². The molecule has 1 unspecified atom stereocenters. The fraction of sp³-hybridized carbons (Fsp3) is 0.750. The molecule has 0 aliphatic rings. The van der Waals surface area contributed by atoms with E-state index in [1.54, 1.807) is 18.8 Å². The molecule has 1 aromatic rings. The molecule has 7 nitrogen and oxygen atoms in total. The van der Waals surface area contributed by atoms with Gasteiger partial charge < -0.3 is 10.1 Å². The molecule has 1 rings (SSSR count). The quantitative estimate of drug-likeness (QED) is 0.578. The second-order valence-corrected chi connectivity index (χ2v) is 4.60. The van der Waals surface area contributed by atoms with Crippen molar-refractivity contribution in [2.24, 2.45) is 7.05 Å². The Kier molecular flexibility index (Phi) is 5.75. The van der Waals surface area contributed by atoms with E-state index in [9.17, 15) is 10.1 Å². The Labute approximate surface area is 113 Å². The van der Waals surface area contributed by atoms with Gasteiger partial charge in [-0.05, 0) is 19.8 Å². The van der Waals surface area contributed by atoms with Crippen LogP contribution in [0.2, 0.25) is 0 Å². The summed E-state index contributed by atoms with van der Waals surface area (Å²) in [5.41, 5.74) is 0.630. The van der Waals surface area contributed by atoms with E-state index in [2.05, 4.69) is 10.4 Å². The number of nitrogens with zero attached hydrogens (tertiary/aromatic N) is 3. The second-order valence-electron chi connectivity index (χ2n) is 4.60. The van der Waals surface area contributed by atoms with Crippen molar-refractivity contribution in [2.75, 3.05) is 19.0 Å². The summed E-state index contributed by atoms with van der Waals surface area (Å²) in [7, 11) is 3.36. The summed E-state index contributed by atoms with van der Waals surface area (Å²) in [6.07, 6.45) is 2.22. The van der Waals surface area contributed by atoms with Crippen molar-refractivity contribution in [3.8, 4) is 0 Å². The van der Waals surface area contributed by atoms with E-state index < -0.39 is 0 Å². The molecule has 0 saturated heterocycles.